The molecule has 2 heterocycles. The molecule has 0 aliphatic heterocycles. The minimum absolute atomic E-state index is 0.471. The van der Waals surface area contributed by atoms with Gasteiger partial charge in [-0.05, 0) is 12.1 Å². The molecule has 3 nitrogen and oxygen atoms in total. The third-order valence-electron chi connectivity index (χ3n) is 1.22. The molecule has 0 unspecified atom stereocenters. The van der Waals surface area contributed by atoms with Crippen molar-refractivity contribution in [1.29, 1.82) is 0 Å². The van der Waals surface area contributed by atoms with Crippen molar-refractivity contribution in [1.82, 2.24) is 14.8 Å². The Morgan fingerprint density at radius 3 is 3.20 bits per heavy atom. The maximum Gasteiger partial charge on any atom is 0.153 e. The van der Waals surface area contributed by atoms with Crippen molar-refractivity contribution in [2.45, 2.75) is 0 Å². The van der Waals surface area contributed by atoms with Gasteiger partial charge in [0, 0.05) is 12.3 Å². The maximum absolute atomic E-state index is 5.61. The van der Waals surface area contributed by atoms with E-state index in [1.165, 1.54) is 4.63 Å². The Hall–Kier alpha value is -1.09. The summed E-state index contributed by atoms with van der Waals surface area (Å²) >= 11 is 5.61. The van der Waals surface area contributed by atoms with Crippen molar-refractivity contribution in [3.8, 4) is 0 Å². The lowest BCUT2D eigenvalue weighted by Crippen LogP contribution is -1.89. The van der Waals surface area contributed by atoms with Crippen molar-refractivity contribution in [3.05, 3.63) is 29.5 Å². The van der Waals surface area contributed by atoms with Gasteiger partial charge in [-0.25, -0.2) is 0 Å². The molecular formula is C6H4ClN3. The van der Waals surface area contributed by atoms with E-state index in [9.17, 15) is 0 Å². The first-order valence-electron chi connectivity index (χ1n) is 2.83. The van der Waals surface area contributed by atoms with Crippen LogP contribution in [0.15, 0.2) is 24.4 Å². The molecule has 10 heavy (non-hydrogen) atoms. The smallest absolute Gasteiger partial charge is 0.153 e. The summed E-state index contributed by atoms with van der Waals surface area (Å²) in [7, 11) is 0. The first kappa shape index (κ1) is 5.68. The summed E-state index contributed by atoms with van der Waals surface area (Å²) in [6.45, 7) is 0. The molecule has 4 heteroatoms. The van der Waals surface area contributed by atoms with Crippen LogP contribution in [0, 0.1) is 0 Å². The van der Waals surface area contributed by atoms with Gasteiger partial charge < -0.3 is 0 Å². The highest BCUT2D eigenvalue weighted by Gasteiger charge is 1.95. The number of halogens is 1. The monoisotopic (exact) mass is 153 g/mol. The second kappa shape index (κ2) is 1.95. The molecule has 2 aromatic heterocycles. The van der Waals surface area contributed by atoms with Crippen LogP contribution in [0.25, 0.3) is 5.52 Å². The van der Waals surface area contributed by atoms with Crippen LogP contribution in [0.2, 0.25) is 5.15 Å². The Morgan fingerprint density at radius 2 is 2.40 bits per heavy atom. The van der Waals surface area contributed by atoms with Crippen molar-refractivity contribution in [2.24, 2.45) is 0 Å². The van der Waals surface area contributed by atoms with Gasteiger partial charge in [-0.15, -0.1) is 5.10 Å². The molecule has 0 radical (unpaired) electrons. The Bertz CT molecular complexity index is 322. The number of hydrogen-bond acceptors (Lipinski definition) is 2. The van der Waals surface area contributed by atoms with E-state index in [-0.39, 0.29) is 0 Å². The number of hydrogen-bond donors (Lipinski definition) is 0. The lowest BCUT2D eigenvalue weighted by molar-refractivity contribution is 0.800. The third kappa shape index (κ3) is 0.752. The zero-order valence-corrected chi connectivity index (χ0v) is 5.78. The molecule has 0 saturated carbocycles. The van der Waals surface area contributed by atoms with Crippen LogP contribution in [0.3, 0.4) is 0 Å². The quantitative estimate of drug-likeness (QED) is 0.573. The first-order chi connectivity index (χ1) is 4.86. The zero-order chi connectivity index (χ0) is 6.97. The zero-order valence-electron chi connectivity index (χ0n) is 5.03. The molecule has 0 amide bonds. The summed E-state index contributed by atoms with van der Waals surface area (Å²) in [6, 6.07) is 5.49. The van der Waals surface area contributed by atoms with E-state index in [1.807, 2.05) is 12.1 Å². The molecule has 0 N–H and O–H groups in total. The minimum atomic E-state index is 0.471. The highest BCUT2D eigenvalue weighted by atomic mass is 35.5. The molecule has 0 fully saturated rings. The van der Waals surface area contributed by atoms with Gasteiger partial charge in [0.2, 0.25) is 0 Å². The summed E-state index contributed by atoms with van der Waals surface area (Å²) < 4.78 is 1.49. The fraction of sp³-hybridized carbons (Fsp3) is 0. The van der Waals surface area contributed by atoms with Crippen molar-refractivity contribution in [3.63, 3.8) is 0 Å². The van der Waals surface area contributed by atoms with E-state index in [4.69, 9.17) is 11.6 Å². The molecule has 2 rings (SSSR count). The van der Waals surface area contributed by atoms with E-state index in [0.29, 0.717) is 5.15 Å². The number of nitrogens with zero attached hydrogens (tertiary/aromatic N) is 3. The summed E-state index contributed by atoms with van der Waals surface area (Å²) in [6.07, 6.45) is 1.66. The van der Waals surface area contributed by atoms with Gasteiger partial charge >= 0.3 is 0 Å². The molecule has 50 valence electrons. The molecule has 0 aliphatic carbocycles. The normalized spacial score (nSPS) is 10.5. The third-order valence-corrected chi connectivity index (χ3v) is 1.40. The molecule has 0 spiro atoms. The molecule has 0 aliphatic rings. The van der Waals surface area contributed by atoms with Gasteiger partial charge in [-0.3, -0.25) is 0 Å². The topological polar surface area (TPSA) is 30.2 Å². The Balaban J connectivity index is 2.88. The van der Waals surface area contributed by atoms with E-state index < -0.39 is 0 Å². The molecule has 0 saturated heterocycles. The lowest BCUT2D eigenvalue weighted by atomic mass is 10.5. The Morgan fingerprint density at radius 1 is 1.50 bits per heavy atom. The van der Waals surface area contributed by atoms with Crippen LogP contribution in [0.4, 0.5) is 0 Å². The summed E-state index contributed by atoms with van der Waals surface area (Å²) in [5.41, 5.74) is 0.910. The molecule has 2 aromatic rings. The van der Waals surface area contributed by atoms with E-state index in [1.54, 1.807) is 12.3 Å². The maximum atomic E-state index is 5.61. The Labute approximate surface area is 62.2 Å². The molecule has 0 atom stereocenters. The van der Waals surface area contributed by atoms with Gasteiger partial charge in [0.15, 0.2) is 5.15 Å². The van der Waals surface area contributed by atoms with Gasteiger partial charge in [0.1, 0.15) is 0 Å². The van der Waals surface area contributed by atoms with Gasteiger partial charge in [-0.1, -0.05) is 11.6 Å². The van der Waals surface area contributed by atoms with Crippen LogP contribution >= 0.6 is 11.6 Å². The van der Waals surface area contributed by atoms with Gasteiger partial charge in [-0.2, -0.15) is 9.73 Å². The fourth-order valence-electron chi connectivity index (χ4n) is 0.807. The van der Waals surface area contributed by atoms with Crippen LogP contribution in [0.5, 0.6) is 0 Å². The largest absolute Gasteiger partial charge is 0.159 e. The van der Waals surface area contributed by atoms with Crippen molar-refractivity contribution < 1.29 is 0 Å². The average Bonchev–Trinajstić information content (AvgIpc) is 2.27. The van der Waals surface area contributed by atoms with Gasteiger partial charge in [0.05, 0.1) is 5.52 Å². The summed E-state index contributed by atoms with van der Waals surface area (Å²) in [4.78, 5) is 0. The minimum Gasteiger partial charge on any atom is -0.159 e. The highest BCUT2D eigenvalue weighted by molar-refractivity contribution is 6.29. The molecule has 0 bridgehead atoms. The second-order valence-electron chi connectivity index (χ2n) is 1.91. The summed E-state index contributed by atoms with van der Waals surface area (Å²) in [5.74, 6) is 0. The standard InChI is InChI=1S/C6H4ClN3/c7-6-4-5-2-1-3-8-10(5)9-6/h1-4H. The average molecular weight is 154 g/mol. The van der Waals surface area contributed by atoms with E-state index in [0.717, 1.165) is 5.52 Å². The first-order valence-corrected chi connectivity index (χ1v) is 3.21. The highest BCUT2D eigenvalue weighted by Crippen LogP contribution is 2.07. The second-order valence-corrected chi connectivity index (χ2v) is 2.29. The summed E-state index contributed by atoms with van der Waals surface area (Å²) in [5, 5.41) is 8.28. The fourth-order valence-corrected chi connectivity index (χ4v) is 0.991. The van der Waals surface area contributed by atoms with Crippen LogP contribution < -0.4 is 0 Å². The van der Waals surface area contributed by atoms with E-state index in [2.05, 4.69) is 10.2 Å². The van der Waals surface area contributed by atoms with Crippen LogP contribution in [-0.4, -0.2) is 14.8 Å². The predicted molar refractivity (Wildman–Crippen MR) is 38.0 cm³/mol. The number of fused-ring (bicyclic) bond motifs is 1. The van der Waals surface area contributed by atoms with Crippen LogP contribution in [0.1, 0.15) is 0 Å². The van der Waals surface area contributed by atoms with E-state index >= 15 is 0 Å². The van der Waals surface area contributed by atoms with Crippen molar-refractivity contribution in [2.75, 3.05) is 0 Å². The molecule has 0 aromatic carbocycles. The lowest BCUT2D eigenvalue weighted by Gasteiger charge is -1.85. The SMILES string of the molecule is Clc1cc2cccnn2n1. The van der Waals surface area contributed by atoms with Crippen LogP contribution in [-0.2, 0) is 0 Å². The molecular weight excluding hydrogens is 150 g/mol. The van der Waals surface area contributed by atoms with Gasteiger partial charge in [0.25, 0.3) is 0 Å². The van der Waals surface area contributed by atoms with Crippen molar-refractivity contribution >= 4 is 17.1 Å². The number of aromatic nitrogens is 3. The Kier molecular flexibility index (Phi) is 1.11. The number of rotatable bonds is 0. The predicted octanol–water partition coefficient (Wildman–Crippen LogP) is 1.38.